The van der Waals surface area contributed by atoms with Crippen LogP contribution in [-0.2, 0) is 4.79 Å². The van der Waals surface area contributed by atoms with Crippen LogP contribution in [0.5, 0.6) is 0 Å². The first-order valence-electron chi connectivity index (χ1n) is 3.57. The van der Waals surface area contributed by atoms with Gasteiger partial charge in [-0.3, -0.25) is 4.79 Å². The zero-order valence-corrected chi connectivity index (χ0v) is 7.73. The first-order valence-corrected chi connectivity index (χ1v) is 3.98. The second-order valence-electron chi connectivity index (χ2n) is 2.65. The molecular weight excluding hydrogens is 160 g/mol. The summed E-state index contributed by atoms with van der Waals surface area (Å²) in [5.74, 6) is 0. The molecule has 0 unspecified atom stereocenters. The van der Waals surface area contributed by atoms with Gasteiger partial charge in [0.2, 0.25) is 6.41 Å². The summed E-state index contributed by atoms with van der Waals surface area (Å²) < 4.78 is 0. The number of nitrogens with two attached hydrogens (primary N) is 1. The summed E-state index contributed by atoms with van der Waals surface area (Å²) in [5, 5.41) is 0. The SMILES string of the molecule is CC(C)N(C=O)CCC(N)=S. The van der Waals surface area contributed by atoms with E-state index in [0.29, 0.717) is 18.0 Å². The molecule has 0 aromatic rings. The van der Waals surface area contributed by atoms with Gasteiger partial charge in [0.15, 0.2) is 0 Å². The predicted molar refractivity (Wildman–Crippen MR) is 49.3 cm³/mol. The van der Waals surface area contributed by atoms with E-state index in [9.17, 15) is 4.79 Å². The number of carbonyl (C=O) groups excluding carboxylic acids is 1. The van der Waals surface area contributed by atoms with Gasteiger partial charge in [-0.25, -0.2) is 0 Å². The lowest BCUT2D eigenvalue weighted by atomic mass is 10.3. The van der Waals surface area contributed by atoms with Crippen molar-refractivity contribution >= 4 is 23.6 Å². The molecule has 0 heterocycles. The number of rotatable bonds is 5. The Balaban J connectivity index is 3.69. The Morgan fingerprint density at radius 1 is 1.73 bits per heavy atom. The molecule has 0 radical (unpaired) electrons. The summed E-state index contributed by atoms with van der Waals surface area (Å²) >= 11 is 4.68. The van der Waals surface area contributed by atoms with Crippen LogP contribution in [0.1, 0.15) is 20.3 Å². The molecule has 0 fully saturated rings. The van der Waals surface area contributed by atoms with Gasteiger partial charge in [0.25, 0.3) is 0 Å². The highest BCUT2D eigenvalue weighted by Gasteiger charge is 2.05. The van der Waals surface area contributed by atoms with Gasteiger partial charge in [-0.15, -0.1) is 0 Å². The van der Waals surface area contributed by atoms with E-state index in [1.54, 1.807) is 4.90 Å². The van der Waals surface area contributed by atoms with Crippen LogP contribution >= 0.6 is 12.2 Å². The van der Waals surface area contributed by atoms with Gasteiger partial charge in [0, 0.05) is 19.0 Å². The molecule has 1 amide bonds. The highest BCUT2D eigenvalue weighted by atomic mass is 32.1. The lowest BCUT2D eigenvalue weighted by molar-refractivity contribution is -0.119. The zero-order valence-electron chi connectivity index (χ0n) is 6.91. The Morgan fingerprint density at radius 2 is 2.27 bits per heavy atom. The largest absolute Gasteiger partial charge is 0.393 e. The average Bonchev–Trinajstić information content (AvgIpc) is 1.87. The minimum atomic E-state index is 0.224. The van der Waals surface area contributed by atoms with Crippen LogP contribution in [0.25, 0.3) is 0 Å². The van der Waals surface area contributed by atoms with Gasteiger partial charge in [-0.2, -0.15) is 0 Å². The molecule has 4 heteroatoms. The second kappa shape index (κ2) is 5.07. The van der Waals surface area contributed by atoms with Crippen LogP contribution < -0.4 is 5.73 Å². The van der Waals surface area contributed by atoms with Gasteiger partial charge in [0.1, 0.15) is 0 Å². The molecule has 2 N–H and O–H groups in total. The average molecular weight is 174 g/mol. The number of hydrogen-bond donors (Lipinski definition) is 1. The molecule has 3 nitrogen and oxygen atoms in total. The number of carbonyl (C=O) groups is 1. The van der Waals surface area contributed by atoms with Crippen molar-refractivity contribution in [3.63, 3.8) is 0 Å². The molecular formula is C7H14N2OS. The summed E-state index contributed by atoms with van der Waals surface area (Å²) in [6.45, 7) is 4.53. The Morgan fingerprint density at radius 3 is 2.55 bits per heavy atom. The molecule has 0 aromatic heterocycles. The van der Waals surface area contributed by atoms with Crippen LogP contribution in [0.3, 0.4) is 0 Å². The summed E-state index contributed by atoms with van der Waals surface area (Å²) in [5.41, 5.74) is 5.28. The fourth-order valence-corrected chi connectivity index (χ4v) is 0.763. The molecule has 11 heavy (non-hydrogen) atoms. The minimum absolute atomic E-state index is 0.224. The standard InChI is InChI=1S/C7H14N2OS/c1-6(2)9(5-10)4-3-7(8)11/h5-6H,3-4H2,1-2H3,(H2,8,11). The first kappa shape index (κ1) is 10.4. The fourth-order valence-electron chi connectivity index (χ4n) is 0.672. The lowest BCUT2D eigenvalue weighted by Gasteiger charge is -2.20. The first-order chi connectivity index (χ1) is 5.07. The van der Waals surface area contributed by atoms with Gasteiger partial charge in [0.05, 0.1) is 4.99 Å². The monoisotopic (exact) mass is 174 g/mol. The van der Waals surface area contributed by atoms with Crippen molar-refractivity contribution in [3.05, 3.63) is 0 Å². The van der Waals surface area contributed by atoms with E-state index in [-0.39, 0.29) is 6.04 Å². The van der Waals surface area contributed by atoms with Crippen LogP contribution in [0.15, 0.2) is 0 Å². The summed E-state index contributed by atoms with van der Waals surface area (Å²) in [7, 11) is 0. The van der Waals surface area contributed by atoms with Crippen molar-refractivity contribution in [1.82, 2.24) is 4.90 Å². The maximum atomic E-state index is 10.4. The summed E-state index contributed by atoms with van der Waals surface area (Å²) in [6, 6.07) is 0.224. The summed E-state index contributed by atoms with van der Waals surface area (Å²) in [4.78, 5) is 12.5. The van der Waals surface area contributed by atoms with E-state index >= 15 is 0 Å². The maximum Gasteiger partial charge on any atom is 0.209 e. The van der Waals surface area contributed by atoms with Crippen LogP contribution in [-0.4, -0.2) is 28.9 Å². The topological polar surface area (TPSA) is 46.3 Å². The van der Waals surface area contributed by atoms with Gasteiger partial charge in [-0.05, 0) is 13.8 Å². The lowest BCUT2D eigenvalue weighted by Crippen LogP contribution is -2.32. The number of thiocarbonyl (C=S) groups is 1. The van der Waals surface area contributed by atoms with Crippen molar-refractivity contribution in [2.24, 2.45) is 5.73 Å². The van der Waals surface area contributed by atoms with E-state index in [1.165, 1.54) is 0 Å². The van der Waals surface area contributed by atoms with E-state index in [4.69, 9.17) is 5.73 Å². The quantitative estimate of drug-likeness (QED) is 0.488. The molecule has 0 aliphatic carbocycles. The van der Waals surface area contributed by atoms with Crippen molar-refractivity contribution in [1.29, 1.82) is 0 Å². The van der Waals surface area contributed by atoms with Crippen molar-refractivity contribution < 1.29 is 4.79 Å². The smallest absolute Gasteiger partial charge is 0.209 e. The van der Waals surface area contributed by atoms with E-state index < -0.39 is 0 Å². The molecule has 0 aromatic carbocycles. The zero-order chi connectivity index (χ0) is 8.85. The Kier molecular flexibility index (Phi) is 4.77. The molecule has 0 saturated heterocycles. The minimum Gasteiger partial charge on any atom is -0.393 e. The maximum absolute atomic E-state index is 10.4. The third-order valence-corrected chi connectivity index (χ3v) is 1.62. The van der Waals surface area contributed by atoms with Crippen LogP contribution in [0, 0.1) is 0 Å². The highest BCUT2D eigenvalue weighted by Crippen LogP contribution is 1.95. The number of nitrogens with zero attached hydrogens (tertiary/aromatic N) is 1. The molecule has 0 bridgehead atoms. The molecule has 0 aliphatic heterocycles. The summed E-state index contributed by atoms with van der Waals surface area (Å²) in [6.07, 6.45) is 1.43. The molecule has 64 valence electrons. The Bertz CT molecular complexity index is 147. The van der Waals surface area contributed by atoms with Crippen molar-refractivity contribution in [2.75, 3.05) is 6.54 Å². The molecule has 0 spiro atoms. The van der Waals surface area contributed by atoms with Crippen LogP contribution in [0.2, 0.25) is 0 Å². The molecule has 0 saturated carbocycles. The Hall–Kier alpha value is -0.640. The van der Waals surface area contributed by atoms with Crippen LogP contribution in [0.4, 0.5) is 0 Å². The van der Waals surface area contributed by atoms with Gasteiger partial charge >= 0.3 is 0 Å². The third-order valence-electron chi connectivity index (χ3n) is 1.42. The number of hydrogen-bond acceptors (Lipinski definition) is 2. The van der Waals surface area contributed by atoms with Gasteiger partial charge < -0.3 is 10.6 Å². The molecule has 0 atom stereocenters. The van der Waals surface area contributed by atoms with E-state index in [2.05, 4.69) is 12.2 Å². The van der Waals surface area contributed by atoms with E-state index in [0.717, 1.165) is 6.41 Å². The predicted octanol–water partition coefficient (Wildman–Crippen LogP) is 0.529. The normalized spacial score (nSPS) is 9.73. The van der Waals surface area contributed by atoms with Gasteiger partial charge in [-0.1, -0.05) is 12.2 Å². The highest BCUT2D eigenvalue weighted by molar-refractivity contribution is 7.80. The van der Waals surface area contributed by atoms with E-state index in [1.807, 2.05) is 13.8 Å². The Labute approximate surface area is 72.5 Å². The number of amides is 1. The second-order valence-corrected chi connectivity index (χ2v) is 3.18. The fraction of sp³-hybridized carbons (Fsp3) is 0.714. The third kappa shape index (κ3) is 4.72. The molecule has 0 aliphatic rings. The van der Waals surface area contributed by atoms with Crippen molar-refractivity contribution in [3.8, 4) is 0 Å². The van der Waals surface area contributed by atoms with Crippen molar-refractivity contribution in [2.45, 2.75) is 26.3 Å². The molecule has 0 rings (SSSR count).